The number of morpholine rings is 1. The van der Waals surface area contributed by atoms with Crippen LogP contribution < -0.4 is 14.2 Å². The maximum absolute atomic E-state index is 13.7. The van der Waals surface area contributed by atoms with Crippen LogP contribution in [0.5, 0.6) is 17.2 Å². The minimum atomic E-state index is -0.0751. The summed E-state index contributed by atoms with van der Waals surface area (Å²) in [5, 5.41) is 1.10. The van der Waals surface area contributed by atoms with E-state index in [1.807, 2.05) is 28.9 Å². The molecule has 2 aromatic carbocycles. The maximum Gasteiger partial charge on any atom is 0.320 e. The fraction of sp³-hybridized carbons (Fsp3) is 0.464. The second kappa shape index (κ2) is 10.7. The monoisotopic (exact) mass is 493 g/mol. The molecular weight excluding hydrogens is 458 g/mol. The van der Waals surface area contributed by atoms with Gasteiger partial charge in [-0.05, 0) is 67.1 Å². The van der Waals surface area contributed by atoms with Gasteiger partial charge in [0.1, 0.15) is 5.75 Å². The molecule has 3 heterocycles. The average molecular weight is 494 g/mol. The number of carbonyl (C=O) groups excluding carboxylic acids is 1. The van der Waals surface area contributed by atoms with Crippen LogP contribution in [0.15, 0.2) is 36.5 Å². The van der Waals surface area contributed by atoms with Gasteiger partial charge in [-0.15, -0.1) is 0 Å². The molecule has 192 valence electrons. The first-order chi connectivity index (χ1) is 17.6. The van der Waals surface area contributed by atoms with Crippen molar-refractivity contribution >= 4 is 16.9 Å². The van der Waals surface area contributed by atoms with Crippen molar-refractivity contribution in [3.05, 3.63) is 53.2 Å². The molecule has 3 aromatic rings. The van der Waals surface area contributed by atoms with Gasteiger partial charge in [-0.3, -0.25) is 0 Å². The molecule has 2 aliphatic rings. The van der Waals surface area contributed by atoms with Crippen molar-refractivity contribution in [3.63, 3.8) is 0 Å². The van der Waals surface area contributed by atoms with E-state index < -0.39 is 0 Å². The number of amides is 2. The number of H-pyrrole nitrogens is 1. The van der Waals surface area contributed by atoms with Crippen LogP contribution in [0.25, 0.3) is 10.9 Å². The summed E-state index contributed by atoms with van der Waals surface area (Å²) in [4.78, 5) is 21.0. The highest BCUT2D eigenvalue weighted by atomic mass is 16.5. The van der Waals surface area contributed by atoms with Crippen molar-refractivity contribution in [2.24, 2.45) is 0 Å². The Balaban J connectivity index is 1.50. The molecule has 2 aliphatic heterocycles. The molecule has 5 rings (SSSR count). The van der Waals surface area contributed by atoms with Gasteiger partial charge in [0.15, 0.2) is 11.5 Å². The summed E-state index contributed by atoms with van der Waals surface area (Å²) in [6.45, 7) is 5.61. The summed E-state index contributed by atoms with van der Waals surface area (Å²) in [6.07, 6.45) is 4.43. The van der Waals surface area contributed by atoms with E-state index in [2.05, 4.69) is 29.4 Å². The van der Waals surface area contributed by atoms with E-state index in [1.54, 1.807) is 14.2 Å². The van der Waals surface area contributed by atoms with E-state index in [0.29, 0.717) is 39.5 Å². The summed E-state index contributed by atoms with van der Waals surface area (Å²) in [7, 11) is 3.37. The van der Waals surface area contributed by atoms with E-state index in [9.17, 15) is 4.79 Å². The topological polar surface area (TPSA) is 76.3 Å². The predicted molar refractivity (Wildman–Crippen MR) is 138 cm³/mol. The quantitative estimate of drug-likeness (QED) is 0.522. The van der Waals surface area contributed by atoms with E-state index in [0.717, 1.165) is 53.0 Å². The lowest BCUT2D eigenvalue weighted by Gasteiger charge is -2.41. The van der Waals surface area contributed by atoms with Gasteiger partial charge in [0, 0.05) is 36.7 Å². The molecule has 0 saturated carbocycles. The standard InChI is InChI=1S/C28H35N3O5/c1-4-36-26-17-21-19(16-25(26)34-3)10-11-31(28(32)30-12-14-35-15-13-30)23(21)9-8-20-18-29-22-6-5-7-24(33-2)27(20)22/h5-7,16-18,23,29H,4,8-15H2,1-3H3. The fourth-order valence-corrected chi connectivity index (χ4v) is 5.49. The Bertz CT molecular complexity index is 1220. The van der Waals surface area contributed by atoms with Crippen molar-refractivity contribution in [3.8, 4) is 17.2 Å². The molecule has 1 atom stereocenters. The zero-order valence-electron chi connectivity index (χ0n) is 21.3. The van der Waals surface area contributed by atoms with Crippen LogP contribution in [0.3, 0.4) is 0 Å². The number of aromatic nitrogens is 1. The number of nitrogens with zero attached hydrogens (tertiary/aromatic N) is 2. The van der Waals surface area contributed by atoms with Crippen LogP contribution in [0.4, 0.5) is 4.79 Å². The smallest absolute Gasteiger partial charge is 0.320 e. The van der Waals surface area contributed by atoms with Gasteiger partial charge >= 0.3 is 6.03 Å². The minimum Gasteiger partial charge on any atom is -0.496 e. The highest BCUT2D eigenvalue weighted by Crippen LogP contribution is 2.41. The van der Waals surface area contributed by atoms with Gasteiger partial charge in [0.25, 0.3) is 0 Å². The number of ether oxygens (including phenoxy) is 4. The molecule has 36 heavy (non-hydrogen) atoms. The number of benzene rings is 2. The molecular formula is C28H35N3O5. The summed E-state index contributed by atoms with van der Waals surface area (Å²) in [5.74, 6) is 2.32. The van der Waals surface area contributed by atoms with Crippen molar-refractivity contribution in [1.82, 2.24) is 14.8 Å². The number of urea groups is 1. The van der Waals surface area contributed by atoms with Gasteiger partial charge in [-0.2, -0.15) is 0 Å². The van der Waals surface area contributed by atoms with E-state index >= 15 is 0 Å². The molecule has 1 N–H and O–H groups in total. The Hall–Kier alpha value is -3.39. The van der Waals surface area contributed by atoms with Crippen molar-refractivity contribution in [2.45, 2.75) is 32.2 Å². The van der Waals surface area contributed by atoms with Crippen LogP contribution in [0, 0.1) is 0 Å². The first-order valence-corrected chi connectivity index (χ1v) is 12.7. The van der Waals surface area contributed by atoms with Gasteiger partial charge in [0.2, 0.25) is 0 Å². The number of methoxy groups -OCH3 is 2. The molecule has 1 saturated heterocycles. The fourth-order valence-electron chi connectivity index (χ4n) is 5.49. The summed E-state index contributed by atoms with van der Waals surface area (Å²) < 4.78 is 22.7. The second-order valence-electron chi connectivity index (χ2n) is 9.21. The van der Waals surface area contributed by atoms with Crippen LogP contribution in [-0.4, -0.2) is 74.5 Å². The summed E-state index contributed by atoms with van der Waals surface area (Å²) in [6, 6.07) is 10.2. The normalized spacial score (nSPS) is 17.7. The van der Waals surface area contributed by atoms with Crippen molar-refractivity contribution < 1.29 is 23.7 Å². The number of aryl methyl sites for hydroxylation is 1. The van der Waals surface area contributed by atoms with E-state index in [4.69, 9.17) is 18.9 Å². The number of hydrogen-bond acceptors (Lipinski definition) is 5. The van der Waals surface area contributed by atoms with Gasteiger partial charge < -0.3 is 33.7 Å². The van der Waals surface area contributed by atoms with Crippen LogP contribution in [0.2, 0.25) is 0 Å². The maximum atomic E-state index is 13.7. The Kier molecular flexibility index (Phi) is 7.23. The van der Waals surface area contributed by atoms with Gasteiger partial charge in [0.05, 0.1) is 40.1 Å². The Morgan fingerprint density at radius 1 is 1.08 bits per heavy atom. The Morgan fingerprint density at radius 3 is 2.64 bits per heavy atom. The first kappa shape index (κ1) is 24.3. The zero-order valence-corrected chi connectivity index (χ0v) is 21.3. The van der Waals surface area contributed by atoms with Gasteiger partial charge in [-0.25, -0.2) is 4.79 Å². The third kappa shape index (κ3) is 4.57. The molecule has 1 unspecified atom stereocenters. The van der Waals surface area contributed by atoms with E-state index in [-0.39, 0.29) is 12.1 Å². The number of hydrogen-bond donors (Lipinski definition) is 1. The number of aromatic amines is 1. The molecule has 1 aromatic heterocycles. The third-order valence-electron chi connectivity index (χ3n) is 7.27. The molecule has 2 amide bonds. The lowest BCUT2D eigenvalue weighted by atomic mass is 9.88. The van der Waals surface area contributed by atoms with E-state index in [1.165, 1.54) is 11.1 Å². The van der Waals surface area contributed by atoms with Gasteiger partial charge in [-0.1, -0.05) is 6.07 Å². The number of nitrogens with one attached hydrogen (secondary N) is 1. The summed E-state index contributed by atoms with van der Waals surface area (Å²) in [5.41, 5.74) is 4.59. The third-order valence-corrected chi connectivity index (χ3v) is 7.27. The SMILES string of the molecule is CCOc1cc2c(cc1OC)CCN(C(=O)N1CCOCC1)C2CCc1c[nH]c2cccc(OC)c12. The van der Waals surface area contributed by atoms with Crippen LogP contribution >= 0.6 is 0 Å². The van der Waals surface area contributed by atoms with Crippen LogP contribution in [-0.2, 0) is 17.6 Å². The average Bonchev–Trinajstić information content (AvgIpc) is 3.35. The molecule has 0 spiro atoms. The predicted octanol–water partition coefficient (Wildman–Crippen LogP) is 4.57. The molecule has 1 fully saturated rings. The lowest BCUT2D eigenvalue weighted by molar-refractivity contribution is 0.0376. The zero-order chi connectivity index (χ0) is 25.1. The molecule has 0 bridgehead atoms. The Morgan fingerprint density at radius 2 is 1.89 bits per heavy atom. The lowest BCUT2D eigenvalue weighted by Crippen LogP contribution is -2.51. The molecule has 0 radical (unpaired) electrons. The largest absolute Gasteiger partial charge is 0.496 e. The first-order valence-electron chi connectivity index (χ1n) is 12.7. The minimum absolute atomic E-state index is 0.0751. The summed E-state index contributed by atoms with van der Waals surface area (Å²) >= 11 is 0. The number of rotatable bonds is 7. The second-order valence-corrected chi connectivity index (χ2v) is 9.21. The molecule has 8 heteroatoms. The molecule has 0 aliphatic carbocycles. The Labute approximate surface area is 212 Å². The van der Waals surface area contributed by atoms with Crippen molar-refractivity contribution in [1.29, 1.82) is 0 Å². The molecule has 8 nitrogen and oxygen atoms in total. The number of fused-ring (bicyclic) bond motifs is 2. The number of carbonyl (C=O) groups is 1. The highest BCUT2D eigenvalue weighted by molar-refractivity contribution is 5.89. The highest BCUT2D eigenvalue weighted by Gasteiger charge is 2.35. The van der Waals surface area contributed by atoms with Crippen molar-refractivity contribution in [2.75, 3.05) is 53.7 Å². The van der Waals surface area contributed by atoms with Crippen LogP contribution in [0.1, 0.15) is 36.1 Å².